The van der Waals surface area contributed by atoms with Gasteiger partial charge in [-0.25, -0.2) is 0 Å². The number of carbonyl (C=O) groups is 1. The Bertz CT molecular complexity index is 1240. The minimum absolute atomic E-state index is 0.128. The van der Waals surface area contributed by atoms with E-state index in [4.69, 9.17) is 0 Å². The van der Waals surface area contributed by atoms with Gasteiger partial charge in [0.2, 0.25) is 0 Å². The third-order valence-corrected chi connectivity index (χ3v) is 14.7. The summed E-state index contributed by atoms with van der Waals surface area (Å²) >= 11 is 0. The monoisotopic (exact) mass is 526 g/mol. The van der Waals surface area contributed by atoms with Crippen LogP contribution < -0.4 is 21.2 Å². The summed E-state index contributed by atoms with van der Waals surface area (Å²) in [7, 11) is -6.73. The van der Waals surface area contributed by atoms with E-state index < -0.39 is 25.6 Å². The van der Waals surface area contributed by atoms with Crippen LogP contribution >= 0.6 is 14.3 Å². The molecular weight excluding hydrogens is 494 g/mol. The predicted octanol–water partition coefficient (Wildman–Crippen LogP) is 6.14. The molecule has 1 aliphatic carbocycles. The summed E-state index contributed by atoms with van der Waals surface area (Å²) in [6, 6.07) is 37.6. The Kier molecular flexibility index (Phi) is 7.47. The van der Waals surface area contributed by atoms with Gasteiger partial charge in [0.1, 0.15) is 0 Å². The van der Waals surface area contributed by atoms with Gasteiger partial charge in [0.25, 0.3) is 0 Å². The Morgan fingerprint density at radius 3 is 1.05 bits per heavy atom. The van der Waals surface area contributed by atoms with E-state index in [0.717, 1.165) is 6.42 Å². The topological polar surface area (TPSA) is 51.2 Å². The molecular formula is C32H32O3P2. The predicted molar refractivity (Wildman–Crippen MR) is 155 cm³/mol. The minimum Gasteiger partial charge on any atom is -0.313 e. The number of Topliss-reactive ketones (excluding diaryl/α,β-unsaturated/α-hetero) is 1. The normalized spacial score (nSPS) is 20.5. The van der Waals surface area contributed by atoms with Crippen molar-refractivity contribution in [2.75, 3.05) is 0 Å². The summed E-state index contributed by atoms with van der Waals surface area (Å²) in [5.41, 5.74) is -1.44. The lowest BCUT2D eigenvalue weighted by Gasteiger charge is -2.40. The summed E-state index contributed by atoms with van der Waals surface area (Å²) in [4.78, 5) is 14.6. The molecule has 2 atom stereocenters. The van der Waals surface area contributed by atoms with Gasteiger partial charge >= 0.3 is 0 Å². The molecule has 0 amide bonds. The van der Waals surface area contributed by atoms with Crippen LogP contribution in [0.4, 0.5) is 0 Å². The summed E-state index contributed by atoms with van der Waals surface area (Å²) in [5, 5.41) is 2.74. The molecule has 0 N–H and O–H groups in total. The van der Waals surface area contributed by atoms with Crippen LogP contribution in [-0.2, 0) is 13.9 Å². The summed E-state index contributed by atoms with van der Waals surface area (Å²) in [6.07, 6.45) is 1.92. The zero-order valence-electron chi connectivity index (χ0n) is 21.0. The van der Waals surface area contributed by atoms with Gasteiger partial charge in [0.15, 0.2) is 20.1 Å². The Morgan fingerprint density at radius 2 is 0.811 bits per heavy atom. The van der Waals surface area contributed by atoms with E-state index >= 15 is 9.13 Å². The van der Waals surface area contributed by atoms with Gasteiger partial charge in [-0.1, -0.05) is 135 Å². The maximum absolute atomic E-state index is 15.3. The lowest BCUT2D eigenvalue weighted by molar-refractivity contribution is -0.120. The molecule has 0 unspecified atom stereocenters. The molecule has 0 saturated heterocycles. The van der Waals surface area contributed by atoms with Crippen molar-refractivity contribution in [3.63, 3.8) is 0 Å². The number of ketones is 1. The summed E-state index contributed by atoms with van der Waals surface area (Å²) in [5.74, 6) is 0.0194. The minimum atomic E-state index is -3.37. The second kappa shape index (κ2) is 10.8. The van der Waals surface area contributed by atoms with Crippen LogP contribution in [-0.4, -0.2) is 17.1 Å². The first-order chi connectivity index (χ1) is 18.0. The van der Waals surface area contributed by atoms with E-state index in [1.165, 1.54) is 0 Å². The van der Waals surface area contributed by atoms with Gasteiger partial charge < -0.3 is 9.13 Å². The molecule has 3 nitrogen and oxygen atoms in total. The molecule has 0 aromatic heterocycles. The zero-order valence-corrected chi connectivity index (χ0v) is 22.8. The van der Waals surface area contributed by atoms with Gasteiger partial charge in [-0.2, -0.15) is 0 Å². The SMILES string of the molecule is CCC1C[C@H](P(=O)(c2ccccc2)c2ccccc2)C(=O)[C@@H](P(=O)(c2ccccc2)c2ccccc2)C1. The molecule has 1 saturated carbocycles. The lowest BCUT2D eigenvalue weighted by Crippen LogP contribution is -2.46. The summed E-state index contributed by atoms with van der Waals surface area (Å²) in [6.45, 7) is 2.11. The average molecular weight is 527 g/mol. The second-order valence-electron chi connectivity index (χ2n) is 9.84. The standard InChI is InChI=1S/C32H32O3P2/c1-2-25-23-30(36(34,26-15-7-3-8-16-26)27-17-9-4-10-18-27)32(33)31(24-25)37(35,28-19-11-5-12-20-28)29-21-13-6-14-22-29/h3-22,25,30-31H,2,23-24H2,1H3/t30-,31-/m0/s1. The number of rotatable bonds is 7. The van der Waals surface area contributed by atoms with Crippen molar-refractivity contribution in [1.82, 2.24) is 0 Å². The van der Waals surface area contributed by atoms with E-state index in [-0.39, 0.29) is 11.7 Å². The van der Waals surface area contributed by atoms with Crippen LogP contribution in [0.15, 0.2) is 121 Å². The highest BCUT2D eigenvalue weighted by Crippen LogP contribution is 2.60. The third kappa shape index (κ3) is 4.61. The van der Waals surface area contributed by atoms with E-state index in [2.05, 4.69) is 6.92 Å². The molecule has 4 aromatic rings. The highest BCUT2D eigenvalue weighted by atomic mass is 31.2. The zero-order chi connectivity index (χ0) is 25.9. The maximum atomic E-state index is 15.3. The van der Waals surface area contributed by atoms with Gasteiger partial charge in [-0.3, -0.25) is 4.79 Å². The second-order valence-corrected chi connectivity index (χ2v) is 15.8. The van der Waals surface area contributed by atoms with Gasteiger partial charge in [-0.05, 0) is 18.8 Å². The van der Waals surface area contributed by atoms with Gasteiger partial charge in [0, 0.05) is 21.2 Å². The largest absolute Gasteiger partial charge is 0.313 e. The van der Waals surface area contributed by atoms with E-state index in [1.54, 1.807) is 0 Å². The highest BCUT2D eigenvalue weighted by molar-refractivity contribution is 7.82. The van der Waals surface area contributed by atoms with Crippen LogP contribution in [0.25, 0.3) is 0 Å². The molecule has 37 heavy (non-hydrogen) atoms. The van der Waals surface area contributed by atoms with E-state index in [1.807, 2.05) is 121 Å². The molecule has 0 spiro atoms. The number of hydrogen-bond acceptors (Lipinski definition) is 3. The lowest BCUT2D eigenvalue weighted by atomic mass is 9.86. The molecule has 5 heteroatoms. The van der Waals surface area contributed by atoms with Gasteiger partial charge in [0.05, 0.1) is 11.3 Å². The van der Waals surface area contributed by atoms with E-state index in [0.29, 0.717) is 34.1 Å². The first-order valence-electron chi connectivity index (χ1n) is 12.9. The van der Waals surface area contributed by atoms with Crippen LogP contribution in [0.5, 0.6) is 0 Å². The van der Waals surface area contributed by atoms with Crippen LogP contribution in [0.1, 0.15) is 26.2 Å². The van der Waals surface area contributed by atoms with E-state index in [9.17, 15) is 4.79 Å². The fraction of sp³-hybridized carbons (Fsp3) is 0.219. The first kappa shape index (κ1) is 25.7. The maximum Gasteiger partial charge on any atom is 0.154 e. The molecule has 0 aliphatic heterocycles. The Hall–Kier alpha value is -2.99. The fourth-order valence-electron chi connectivity index (χ4n) is 5.79. The molecule has 0 bridgehead atoms. The van der Waals surface area contributed by atoms with Crippen molar-refractivity contribution in [3.8, 4) is 0 Å². The quantitative estimate of drug-likeness (QED) is 0.272. The van der Waals surface area contributed by atoms with Crippen LogP contribution in [0.2, 0.25) is 0 Å². The number of benzene rings is 4. The van der Waals surface area contributed by atoms with Crippen molar-refractivity contribution in [2.45, 2.75) is 37.5 Å². The molecule has 1 aliphatic rings. The van der Waals surface area contributed by atoms with Crippen molar-refractivity contribution in [1.29, 1.82) is 0 Å². The number of carbonyl (C=O) groups excluding carboxylic acids is 1. The van der Waals surface area contributed by atoms with Crippen molar-refractivity contribution < 1.29 is 13.9 Å². The smallest absolute Gasteiger partial charge is 0.154 e. The fourth-order valence-corrected chi connectivity index (χ4v) is 12.7. The first-order valence-corrected chi connectivity index (χ1v) is 16.5. The Balaban J connectivity index is 1.71. The average Bonchev–Trinajstić information content (AvgIpc) is 2.98. The highest BCUT2D eigenvalue weighted by Gasteiger charge is 2.53. The molecule has 5 rings (SSSR count). The molecule has 188 valence electrons. The summed E-state index contributed by atoms with van der Waals surface area (Å²) < 4.78 is 30.6. The van der Waals surface area contributed by atoms with Crippen molar-refractivity contribution in [3.05, 3.63) is 121 Å². The molecule has 0 heterocycles. The van der Waals surface area contributed by atoms with Crippen LogP contribution in [0.3, 0.4) is 0 Å². The molecule has 0 radical (unpaired) electrons. The third-order valence-electron chi connectivity index (χ3n) is 7.78. The van der Waals surface area contributed by atoms with Gasteiger partial charge in [-0.15, -0.1) is 0 Å². The molecule has 1 fully saturated rings. The van der Waals surface area contributed by atoms with Crippen molar-refractivity contribution >= 4 is 41.3 Å². The Labute approximate surface area is 219 Å². The van der Waals surface area contributed by atoms with Crippen molar-refractivity contribution in [2.24, 2.45) is 5.92 Å². The molecule has 4 aromatic carbocycles. The Morgan fingerprint density at radius 1 is 0.541 bits per heavy atom. The van der Waals surface area contributed by atoms with Crippen LogP contribution in [0, 0.1) is 5.92 Å². The number of hydrogen-bond donors (Lipinski definition) is 0.